The molecular weight excluding hydrogens is 522 g/mol. The molecule has 0 bridgehead atoms. The summed E-state index contributed by atoms with van der Waals surface area (Å²) < 4.78 is 48.0. The summed E-state index contributed by atoms with van der Waals surface area (Å²) in [5.41, 5.74) is 2.43. The molecule has 0 saturated carbocycles. The molecule has 0 unspecified atom stereocenters. The van der Waals surface area contributed by atoms with Crippen molar-refractivity contribution in [3.8, 4) is 0 Å². The van der Waals surface area contributed by atoms with Gasteiger partial charge in [-0.3, -0.25) is 0 Å². The number of hydrogen-bond acceptors (Lipinski definition) is 9. The highest BCUT2D eigenvalue weighted by Crippen LogP contribution is 2.27. The molecule has 0 atom stereocenters. The van der Waals surface area contributed by atoms with Crippen LogP contribution in [0.5, 0.6) is 0 Å². The van der Waals surface area contributed by atoms with Gasteiger partial charge in [0.2, 0.25) is 9.84 Å². The van der Waals surface area contributed by atoms with Gasteiger partial charge in [-0.05, 0) is 74.0 Å². The van der Waals surface area contributed by atoms with E-state index in [0.717, 1.165) is 42.5 Å². The van der Waals surface area contributed by atoms with Gasteiger partial charge in [0.1, 0.15) is 22.0 Å². The summed E-state index contributed by atoms with van der Waals surface area (Å²) in [6.45, 7) is 2.01. The second-order valence-electron chi connectivity index (χ2n) is 8.93. The van der Waals surface area contributed by atoms with Crippen molar-refractivity contribution in [3.05, 3.63) is 79.1 Å². The molecule has 0 aliphatic carbocycles. The van der Waals surface area contributed by atoms with E-state index in [1.54, 1.807) is 54.6 Å². The highest BCUT2D eigenvalue weighted by atomic mass is 32.2. The Morgan fingerprint density at radius 3 is 2.16 bits per heavy atom. The number of nitrogens with one attached hydrogen (secondary N) is 3. The van der Waals surface area contributed by atoms with E-state index in [-0.39, 0.29) is 15.5 Å². The minimum atomic E-state index is -3.58. The fourth-order valence-electron chi connectivity index (χ4n) is 3.85. The average molecular weight is 554 g/mol. The summed E-state index contributed by atoms with van der Waals surface area (Å²) >= 11 is 0. The van der Waals surface area contributed by atoms with Gasteiger partial charge < -0.3 is 16.0 Å². The van der Waals surface area contributed by atoms with Crippen molar-refractivity contribution in [2.45, 2.75) is 22.6 Å². The predicted molar refractivity (Wildman–Crippen MR) is 151 cm³/mol. The zero-order valence-electron chi connectivity index (χ0n) is 21.1. The number of anilines is 3. The van der Waals surface area contributed by atoms with E-state index in [2.05, 4.69) is 25.9 Å². The quantitative estimate of drug-likeness (QED) is 0.210. The molecule has 0 saturated heterocycles. The maximum atomic E-state index is 12.9. The number of benzene rings is 3. The Labute approximate surface area is 223 Å². The van der Waals surface area contributed by atoms with Gasteiger partial charge in [-0.1, -0.05) is 18.2 Å². The molecule has 1 aromatic heterocycles. The minimum absolute atomic E-state index is 0.151. The first-order valence-corrected chi connectivity index (χ1v) is 15.8. The lowest BCUT2D eigenvalue weighted by Gasteiger charge is -2.12. The SMILES string of the molecule is CS(=O)(=O)CCNCCCCNc1ccc2ncnc(Nc3ccc(S(=O)(=O)c4ccccc4)cc3)c2c1. The summed E-state index contributed by atoms with van der Waals surface area (Å²) in [5.74, 6) is 0.768. The van der Waals surface area contributed by atoms with Gasteiger partial charge in [-0.2, -0.15) is 0 Å². The number of fused-ring (bicyclic) bond motifs is 1. The molecule has 0 fully saturated rings. The van der Waals surface area contributed by atoms with E-state index in [1.165, 1.54) is 12.6 Å². The van der Waals surface area contributed by atoms with Crippen LogP contribution in [-0.4, -0.2) is 58.4 Å². The number of nitrogens with zero attached hydrogens (tertiary/aromatic N) is 2. The number of aromatic nitrogens is 2. The topological polar surface area (TPSA) is 130 Å². The van der Waals surface area contributed by atoms with Gasteiger partial charge in [-0.15, -0.1) is 0 Å². The lowest BCUT2D eigenvalue weighted by Crippen LogP contribution is -2.23. The molecular formula is C27H31N5O4S2. The molecule has 0 aliphatic heterocycles. The number of sulfone groups is 2. The van der Waals surface area contributed by atoms with Crippen LogP contribution in [0.25, 0.3) is 10.9 Å². The van der Waals surface area contributed by atoms with Crippen LogP contribution < -0.4 is 16.0 Å². The summed E-state index contributed by atoms with van der Waals surface area (Å²) in [6, 6.07) is 20.8. The Morgan fingerprint density at radius 2 is 1.42 bits per heavy atom. The van der Waals surface area contributed by atoms with E-state index in [1.807, 2.05) is 18.2 Å². The van der Waals surface area contributed by atoms with Gasteiger partial charge in [-0.25, -0.2) is 26.8 Å². The summed E-state index contributed by atoms with van der Waals surface area (Å²) in [7, 11) is -6.51. The van der Waals surface area contributed by atoms with E-state index in [9.17, 15) is 16.8 Å². The van der Waals surface area contributed by atoms with Crippen LogP contribution in [-0.2, 0) is 19.7 Å². The fourth-order valence-corrected chi connectivity index (χ4v) is 5.64. The first kappa shape index (κ1) is 27.5. The monoisotopic (exact) mass is 553 g/mol. The molecule has 0 aliphatic rings. The van der Waals surface area contributed by atoms with Crippen molar-refractivity contribution in [3.63, 3.8) is 0 Å². The molecule has 0 radical (unpaired) electrons. The zero-order valence-corrected chi connectivity index (χ0v) is 22.7. The van der Waals surface area contributed by atoms with Gasteiger partial charge in [0.15, 0.2) is 0 Å². The maximum Gasteiger partial charge on any atom is 0.206 e. The Hall–Kier alpha value is -3.54. The average Bonchev–Trinajstić information content (AvgIpc) is 2.90. The lowest BCUT2D eigenvalue weighted by atomic mass is 10.2. The van der Waals surface area contributed by atoms with Crippen molar-refractivity contribution in [2.75, 3.05) is 42.3 Å². The Balaban J connectivity index is 1.37. The Kier molecular flexibility index (Phi) is 8.93. The van der Waals surface area contributed by atoms with Crippen LogP contribution in [0.2, 0.25) is 0 Å². The molecule has 4 aromatic rings. The normalized spacial score (nSPS) is 11.9. The summed E-state index contributed by atoms with van der Waals surface area (Å²) in [6.07, 6.45) is 4.58. The van der Waals surface area contributed by atoms with Crippen molar-refractivity contribution in [2.24, 2.45) is 0 Å². The molecule has 3 N–H and O–H groups in total. The third-order valence-corrected chi connectivity index (χ3v) is 8.61. The van der Waals surface area contributed by atoms with Gasteiger partial charge in [0.05, 0.1) is 21.1 Å². The van der Waals surface area contributed by atoms with Crippen molar-refractivity contribution < 1.29 is 16.8 Å². The Bertz CT molecular complexity index is 1580. The molecule has 200 valence electrons. The molecule has 11 heteroatoms. The number of rotatable bonds is 13. The molecule has 0 amide bonds. The van der Waals surface area contributed by atoms with Crippen LogP contribution in [0.1, 0.15) is 12.8 Å². The van der Waals surface area contributed by atoms with Crippen molar-refractivity contribution in [1.29, 1.82) is 0 Å². The molecule has 4 rings (SSSR count). The van der Waals surface area contributed by atoms with E-state index in [4.69, 9.17) is 0 Å². The Morgan fingerprint density at radius 1 is 0.737 bits per heavy atom. The summed E-state index contributed by atoms with van der Waals surface area (Å²) in [5, 5.41) is 10.7. The van der Waals surface area contributed by atoms with Crippen LogP contribution in [0.15, 0.2) is 88.9 Å². The standard InChI is InChI=1S/C27H31N5O4S2/c1-37(33,34)18-17-28-15-5-6-16-29-22-11-14-26-25(19-22)27(31-20-30-26)32-21-9-12-24(13-10-21)38(35,36)23-7-3-2-4-8-23/h2-4,7-14,19-20,28-29H,5-6,15-18H2,1H3,(H,30,31,32). The molecule has 1 heterocycles. The molecule has 3 aromatic carbocycles. The number of unbranched alkanes of at least 4 members (excludes halogenated alkanes) is 1. The molecule has 38 heavy (non-hydrogen) atoms. The van der Waals surface area contributed by atoms with E-state index >= 15 is 0 Å². The smallest absolute Gasteiger partial charge is 0.206 e. The minimum Gasteiger partial charge on any atom is -0.385 e. The van der Waals surface area contributed by atoms with Gasteiger partial charge in [0.25, 0.3) is 0 Å². The third kappa shape index (κ3) is 7.50. The van der Waals surface area contributed by atoms with Crippen LogP contribution in [0, 0.1) is 0 Å². The molecule has 9 nitrogen and oxygen atoms in total. The highest BCUT2D eigenvalue weighted by molar-refractivity contribution is 7.91. The van der Waals surface area contributed by atoms with E-state index < -0.39 is 19.7 Å². The lowest BCUT2D eigenvalue weighted by molar-refractivity contribution is 0.592. The fraction of sp³-hybridized carbons (Fsp3) is 0.259. The van der Waals surface area contributed by atoms with Crippen LogP contribution >= 0.6 is 0 Å². The maximum absolute atomic E-state index is 12.9. The van der Waals surface area contributed by atoms with Crippen LogP contribution in [0.3, 0.4) is 0 Å². The second-order valence-corrected chi connectivity index (χ2v) is 13.1. The first-order chi connectivity index (χ1) is 18.2. The number of hydrogen-bond donors (Lipinski definition) is 3. The van der Waals surface area contributed by atoms with Crippen molar-refractivity contribution in [1.82, 2.24) is 15.3 Å². The van der Waals surface area contributed by atoms with Gasteiger partial charge >= 0.3 is 0 Å². The third-order valence-electron chi connectivity index (χ3n) is 5.88. The van der Waals surface area contributed by atoms with E-state index in [0.29, 0.717) is 18.1 Å². The first-order valence-electron chi connectivity index (χ1n) is 12.3. The zero-order chi connectivity index (χ0) is 27.0. The molecule has 0 spiro atoms. The largest absolute Gasteiger partial charge is 0.385 e. The van der Waals surface area contributed by atoms with Crippen molar-refractivity contribution >= 4 is 47.8 Å². The second kappa shape index (κ2) is 12.3. The highest BCUT2D eigenvalue weighted by Gasteiger charge is 2.17. The van der Waals surface area contributed by atoms with Crippen LogP contribution in [0.4, 0.5) is 17.2 Å². The van der Waals surface area contributed by atoms with Gasteiger partial charge in [0, 0.05) is 36.1 Å². The summed E-state index contributed by atoms with van der Waals surface area (Å²) in [4.78, 5) is 9.23. The predicted octanol–water partition coefficient (Wildman–Crippen LogP) is 4.03.